The molecule has 0 amide bonds. The molecule has 2 N–H and O–H groups in total. The summed E-state index contributed by atoms with van der Waals surface area (Å²) in [4.78, 5) is 0. The lowest BCUT2D eigenvalue weighted by atomic mass is 10.1. The third-order valence-corrected chi connectivity index (χ3v) is 1.86. The van der Waals surface area contributed by atoms with Crippen LogP contribution in [0.25, 0.3) is 0 Å². The van der Waals surface area contributed by atoms with Gasteiger partial charge in [0.05, 0.1) is 12.5 Å². The maximum atomic E-state index is 8.49. The summed E-state index contributed by atoms with van der Waals surface area (Å²) in [5, 5.41) is 8.49. The van der Waals surface area contributed by atoms with Crippen molar-refractivity contribution in [1.82, 2.24) is 0 Å². The summed E-state index contributed by atoms with van der Waals surface area (Å²) < 4.78 is 0. The van der Waals surface area contributed by atoms with Crippen molar-refractivity contribution in [3.63, 3.8) is 0 Å². The van der Waals surface area contributed by atoms with E-state index in [0.29, 0.717) is 6.42 Å². The zero-order chi connectivity index (χ0) is 8.97. The average Bonchev–Trinajstić information content (AvgIpc) is 2.16. The van der Waals surface area contributed by atoms with E-state index in [2.05, 4.69) is 6.07 Å². The van der Waals surface area contributed by atoms with Crippen molar-refractivity contribution in [1.29, 1.82) is 5.26 Å². The molecule has 2 nitrogen and oxygen atoms in total. The molecule has 1 aliphatic carbocycles. The third-order valence-electron chi connectivity index (χ3n) is 1.86. The first-order valence-electron chi connectivity index (χ1n) is 3.93. The number of hydrogen-bond acceptors (Lipinski definition) is 2. The first-order chi connectivity index (χ1) is 5.74. The van der Waals surface area contributed by atoms with Crippen LogP contribution in [0.15, 0.2) is 35.1 Å². The van der Waals surface area contributed by atoms with Gasteiger partial charge in [0.25, 0.3) is 0 Å². The molecule has 62 valence electrons. The molecule has 0 aromatic rings. The zero-order valence-corrected chi connectivity index (χ0v) is 7.17. The van der Waals surface area contributed by atoms with Crippen LogP contribution < -0.4 is 5.73 Å². The van der Waals surface area contributed by atoms with Gasteiger partial charge in [0.2, 0.25) is 0 Å². The Kier molecular flexibility index (Phi) is 2.71. The summed E-state index contributed by atoms with van der Waals surface area (Å²) in [6.45, 7) is 1.97. The van der Waals surface area contributed by atoms with E-state index in [4.69, 9.17) is 11.0 Å². The first-order valence-corrected chi connectivity index (χ1v) is 3.93. The van der Waals surface area contributed by atoms with Gasteiger partial charge in [-0.3, -0.25) is 0 Å². The van der Waals surface area contributed by atoms with Crippen LogP contribution in [0, 0.1) is 11.3 Å². The first kappa shape index (κ1) is 8.61. The number of nitrogens with two attached hydrogens (primary N) is 1. The molecule has 0 heterocycles. The van der Waals surface area contributed by atoms with Crippen molar-refractivity contribution in [2.45, 2.75) is 19.8 Å². The van der Waals surface area contributed by atoms with Gasteiger partial charge in [-0.25, -0.2) is 0 Å². The Morgan fingerprint density at radius 1 is 1.67 bits per heavy atom. The van der Waals surface area contributed by atoms with Gasteiger partial charge in [-0.2, -0.15) is 5.26 Å². The molecule has 12 heavy (non-hydrogen) atoms. The van der Waals surface area contributed by atoms with Crippen LogP contribution in [0.5, 0.6) is 0 Å². The molecule has 0 aromatic carbocycles. The molecule has 0 unspecified atom stereocenters. The van der Waals surface area contributed by atoms with Crippen LogP contribution >= 0.6 is 0 Å². The van der Waals surface area contributed by atoms with E-state index in [1.54, 1.807) is 0 Å². The topological polar surface area (TPSA) is 49.8 Å². The fourth-order valence-corrected chi connectivity index (χ4v) is 1.12. The average molecular weight is 160 g/mol. The Labute approximate surface area is 72.7 Å². The molecule has 0 aliphatic heterocycles. The van der Waals surface area contributed by atoms with Crippen LogP contribution in [0.3, 0.4) is 0 Å². The summed E-state index contributed by atoms with van der Waals surface area (Å²) in [6.07, 6.45) is 7.18. The Bertz CT molecular complexity index is 300. The molecule has 2 heteroatoms. The zero-order valence-electron chi connectivity index (χ0n) is 7.17. The molecule has 1 rings (SSSR count). The highest BCUT2D eigenvalue weighted by atomic mass is 14.6. The molecular weight excluding hydrogens is 148 g/mol. The monoisotopic (exact) mass is 160 g/mol. The normalized spacial score (nSPS) is 16.8. The fraction of sp³-hybridized carbons (Fsp3) is 0.300. The quantitative estimate of drug-likeness (QED) is 0.638. The largest absolute Gasteiger partial charge is 0.402 e. The van der Waals surface area contributed by atoms with Gasteiger partial charge in [-0.05, 0) is 18.1 Å². The van der Waals surface area contributed by atoms with Gasteiger partial charge in [0, 0.05) is 12.1 Å². The molecule has 0 saturated carbocycles. The number of rotatable bonds is 1. The van der Waals surface area contributed by atoms with Gasteiger partial charge < -0.3 is 5.73 Å². The van der Waals surface area contributed by atoms with Crippen LogP contribution in [-0.2, 0) is 0 Å². The summed E-state index contributed by atoms with van der Waals surface area (Å²) >= 11 is 0. The number of hydrogen-bond donors (Lipinski definition) is 1. The number of allylic oxidation sites excluding steroid dienone is 5. The minimum absolute atomic E-state index is 0.459. The van der Waals surface area contributed by atoms with Crippen molar-refractivity contribution >= 4 is 0 Å². The summed E-state index contributed by atoms with van der Waals surface area (Å²) in [7, 11) is 0. The molecular formula is C10H12N2. The van der Waals surface area contributed by atoms with Crippen molar-refractivity contribution in [2.24, 2.45) is 5.73 Å². The van der Waals surface area contributed by atoms with E-state index in [1.165, 1.54) is 0 Å². The van der Waals surface area contributed by atoms with E-state index in [1.807, 2.05) is 25.2 Å². The summed E-state index contributed by atoms with van der Waals surface area (Å²) in [5.74, 6) is 0. The number of nitrogens with zero attached hydrogens (tertiary/aromatic N) is 1. The smallest absolute Gasteiger partial charge is 0.0669 e. The highest BCUT2D eigenvalue weighted by Gasteiger charge is 2.00. The van der Waals surface area contributed by atoms with Gasteiger partial charge in [0.1, 0.15) is 0 Å². The Balaban J connectivity index is 2.90. The summed E-state index contributed by atoms with van der Waals surface area (Å²) in [5.41, 5.74) is 8.74. The minimum Gasteiger partial charge on any atom is -0.402 e. The summed E-state index contributed by atoms with van der Waals surface area (Å²) in [6, 6.07) is 2.12. The maximum Gasteiger partial charge on any atom is 0.0669 e. The molecule has 0 atom stereocenters. The highest BCUT2D eigenvalue weighted by Crippen LogP contribution is 2.15. The predicted octanol–water partition coefficient (Wildman–Crippen LogP) is 2.02. The predicted molar refractivity (Wildman–Crippen MR) is 49.0 cm³/mol. The lowest BCUT2D eigenvalue weighted by Gasteiger charge is -1.97. The third kappa shape index (κ3) is 2.00. The minimum atomic E-state index is 0.459. The molecule has 0 aromatic heterocycles. The number of nitriles is 1. The van der Waals surface area contributed by atoms with E-state index >= 15 is 0 Å². The second kappa shape index (κ2) is 3.77. The van der Waals surface area contributed by atoms with E-state index < -0.39 is 0 Å². The van der Waals surface area contributed by atoms with Gasteiger partial charge in [0.15, 0.2) is 0 Å². The van der Waals surface area contributed by atoms with Gasteiger partial charge in [-0.15, -0.1) is 0 Å². The molecule has 0 radical (unpaired) electrons. The van der Waals surface area contributed by atoms with Crippen LogP contribution in [0.4, 0.5) is 0 Å². The fourth-order valence-electron chi connectivity index (χ4n) is 1.12. The van der Waals surface area contributed by atoms with Gasteiger partial charge >= 0.3 is 0 Å². The highest BCUT2D eigenvalue weighted by molar-refractivity contribution is 5.36. The van der Waals surface area contributed by atoms with Crippen molar-refractivity contribution in [3.8, 4) is 6.07 Å². The molecule has 0 saturated heterocycles. The van der Waals surface area contributed by atoms with E-state index in [0.717, 1.165) is 23.3 Å². The van der Waals surface area contributed by atoms with Gasteiger partial charge in [-0.1, -0.05) is 18.2 Å². The maximum absolute atomic E-state index is 8.49. The van der Waals surface area contributed by atoms with Crippen molar-refractivity contribution < 1.29 is 0 Å². The van der Waals surface area contributed by atoms with Crippen LogP contribution in [-0.4, -0.2) is 0 Å². The second-order valence-corrected chi connectivity index (χ2v) is 2.87. The second-order valence-electron chi connectivity index (χ2n) is 2.87. The molecule has 0 spiro atoms. The van der Waals surface area contributed by atoms with Crippen LogP contribution in [0.2, 0.25) is 0 Å². The van der Waals surface area contributed by atoms with E-state index in [9.17, 15) is 0 Å². The molecule has 0 bridgehead atoms. The van der Waals surface area contributed by atoms with Crippen molar-refractivity contribution in [2.75, 3.05) is 0 Å². The Hall–Kier alpha value is -1.49. The molecule has 0 fully saturated rings. The lowest BCUT2D eigenvalue weighted by molar-refractivity contribution is 1.13. The SMILES string of the molecule is CC1=C(N)CC=CC(CC#N)=C1. The lowest BCUT2D eigenvalue weighted by Crippen LogP contribution is -1.97. The van der Waals surface area contributed by atoms with Crippen LogP contribution in [0.1, 0.15) is 19.8 Å². The Morgan fingerprint density at radius 2 is 2.42 bits per heavy atom. The molecule has 1 aliphatic rings. The van der Waals surface area contributed by atoms with E-state index in [-0.39, 0.29) is 0 Å². The van der Waals surface area contributed by atoms with Crippen molar-refractivity contribution in [3.05, 3.63) is 35.1 Å². The standard InChI is InChI=1S/C10H12N2/c1-8-7-9(5-6-11)3-2-4-10(8)12/h2-3,7H,4-5,12H2,1H3. The Morgan fingerprint density at radius 3 is 3.08 bits per heavy atom.